The fraction of sp³-hybridized carbons (Fsp3) is 0.417. The van der Waals surface area contributed by atoms with Gasteiger partial charge < -0.3 is 0 Å². The van der Waals surface area contributed by atoms with Gasteiger partial charge in [0.2, 0.25) is 0 Å². The zero-order chi connectivity index (χ0) is 9.47. The first-order chi connectivity index (χ1) is 6.07. The molecule has 68 valence electrons. The van der Waals surface area contributed by atoms with E-state index < -0.39 is 0 Å². The lowest BCUT2D eigenvalue weighted by atomic mass is 9.91. The fourth-order valence-corrected chi connectivity index (χ4v) is 1.54. The van der Waals surface area contributed by atoms with Gasteiger partial charge in [-0.3, -0.25) is 4.98 Å². The number of nitrogens with zero attached hydrogens (tertiary/aromatic N) is 1. The lowest BCUT2D eigenvalue weighted by Gasteiger charge is -2.16. The predicted octanol–water partition coefficient (Wildman–Crippen LogP) is 1.34. The van der Waals surface area contributed by atoms with Crippen molar-refractivity contribution in [3.05, 3.63) is 28.4 Å². The van der Waals surface area contributed by atoms with Gasteiger partial charge in [-0.1, -0.05) is 39.0 Å². The van der Waals surface area contributed by atoms with Crippen molar-refractivity contribution in [2.75, 3.05) is 0 Å². The van der Waals surface area contributed by atoms with Crippen molar-refractivity contribution in [1.82, 2.24) is 4.98 Å². The molecule has 1 aliphatic carbocycles. The van der Waals surface area contributed by atoms with E-state index in [-0.39, 0.29) is 5.41 Å². The van der Waals surface area contributed by atoms with E-state index in [1.54, 1.807) is 0 Å². The average Bonchev–Trinajstić information content (AvgIpc) is 2.47. The van der Waals surface area contributed by atoms with E-state index in [1.165, 1.54) is 10.9 Å². The summed E-state index contributed by atoms with van der Waals surface area (Å²) in [4.78, 5) is 4.64. The third-order valence-electron chi connectivity index (χ3n) is 2.37. The van der Waals surface area contributed by atoms with Crippen molar-refractivity contribution in [2.45, 2.75) is 32.6 Å². The van der Waals surface area contributed by atoms with Gasteiger partial charge in [0.15, 0.2) is 0 Å². The topological polar surface area (TPSA) is 12.9 Å². The molecule has 0 atom stereocenters. The van der Waals surface area contributed by atoms with Crippen LogP contribution in [0.4, 0.5) is 0 Å². The van der Waals surface area contributed by atoms with Crippen LogP contribution in [0, 0.1) is 0 Å². The van der Waals surface area contributed by atoms with Crippen LogP contribution in [0.3, 0.4) is 0 Å². The quantitative estimate of drug-likeness (QED) is 0.577. The summed E-state index contributed by atoms with van der Waals surface area (Å²) in [5.74, 6) is 0. The average molecular weight is 173 g/mol. The molecule has 1 nitrogen and oxygen atoms in total. The van der Waals surface area contributed by atoms with E-state index in [0.717, 1.165) is 11.8 Å². The van der Waals surface area contributed by atoms with Crippen molar-refractivity contribution in [3.8, 4) is 0 Å². The lowest BCUT2D eigenvalue weighted by molar-refractivity contribution is 0.566. The van der Waals surface area contributed by atoms with E-state index in [9.17, 15) is 0 Å². The Balaban J connectivity index is 2.62. The Labute approximate surface area is 78.8 Å². The van der Waals surface area contributed by atoms with E-state index in [0.29, 0.717) is 0 Å². The SMILES string of the molecule is CC(C)(C)c1ccc2c(n1)=CCC=2. The van der Waals surface area contributed by atoms with Crippen LogP contribution in [0.1, 0.15) is 32.9 Å². The number of hydrogen-bond donors (Lipinski definition) is 0. The summed E-state index contributed by atoms with van der Waals surface area (Å²) in [6.07, 6.45) is 5.44. The normalized spacial score (nSPS) is 14.7. The molecule has 0 radical (unpaired) electrons. The lowest BCUT2D eigenvalue weighted by Crippen LogP contribution is -2.29. The van der Waals surface area contributed by atoms with Crippen LogP contribution < -0.4 is 10.6 Å². The third-order valence-corrected chi connectivity index (χ3v) is 2.37. The minimum absolute atomic E-state index is 0.158. The van der Waals surface area contributed by atoms with E-state index in [1.807, 2.05) is 0 Å². The Morgan fingerprint density at radius 1 is 1.15 bits per heavy atom. The molecule has 0 amide bonds. The Hall–Kier alpha value is -1.11. The zero-order valence-electron chi connectivity index (χ0n) is 8.46. The highest BCUT2D eigenvalue weighted by molar-refractivity contribution is 5.44. The van der Waals surface area contributed by atoms with Gasteiger partial charge in [0.25, 0.3) is 0 Å². The molecule has 0 saturated heterocycles. The summed E-state index contributed by atoms with van der Waals surface area (Å²) in [5, 5.41) is 2.44. The van der Waals surface area contributed by atoms with Crippen molar-refractivity contribution >= 4 is 12.2 Å². The van der Waals surface area contributed by atoms with Gasteiger partial charge in [-0.05, 0) is 17.7 Å². The molecule has 0 bridgehead atoms. The highest BCUT2D eigenvalue weighted by atomic mass is 14.7. The molecule has 0 unspecified atom stereocenters. The highest BCUT2D eigenvalue weighted by Gasteiger charge is 2.14. The van der Waals surface area contributed by atoms with Gasteiger partial charge in [-0.15, -0.1) is 0 Å². The first kappa shape index (κ1) is 8.49. The van der Waals surface area contributed by atoms with Crippen LogP contribution in [-0.2, 0) is 5.41 Å². The molecule has 0 spiro atoms. The van der Waals surface area contributed by atoms with Gasteiger partial charge in [0, 0.05) is 11.1 Å². The maximum Gasteiger partial charge on any atom is 0.0665 e. The molecule has 0 N–H and O–H groups in total. The first-order valence-corrected chi connectivity index (χ1v) is 4.75. The van der Waals surface area contributed by atoms with Crippen LogP contribution in [0.2, 0.25) is 0 Å². The fourth-order valence-electron chi connectivity index (χ4n) is 1.54. The number of fused-ring (bicyclic) bond motifs is 1. The molecule has 0 aliphatic heterocycles. The molecule has 13 heavy (non-hydrogen) atoms. The number of aromatic nitrogens is 1. The molecule has 1 aromatic rings. The molecule has 0 aromatic carbocycles. The predicted molar refractivity (Wildman–Crippen MR) is 55.7 cm³/mol. The zero-order valence-corrected chi connectivity index (χ0v) is 8.46. The van der Waals surface area contributed by atoms with Crippen LogP contribution in [-0.4, -0.2) is 4.98 Å². The molecule has 1 heteroatoms. The standard InChI is InChI=1S/C12H15N/c1-12(2,3)11-8-7-9-5-4-6-10(9)13-11/h5-8H,4H2,1-3H3. The second kappa shape index (κ2) is 2.69. The highest BCUT2D eigenvalue weighted by Crippen LogP contribution is 2.17. The summed E-state index contributed by atoms with van der Waals surface area (Å²) in [6.45, 7) is 6.58. The maximum absolute atomic E-state index is 4.64. The third kappa shape index (κ3) is 1.51. The monoisotopic (exact) mass is 173 g/mol. The molecule has 1 heterocycles. The molecule has 0 saturated carbocycles. The summed E-state index contributed by atoms with van der Waals surface area (Å²) >= 11 is 0. The maximum atomic E-state index is 4.64. The molecule has 0 fully saturated rings. The summed E-state index contributed by atoms with van der Waals surface area (Å²) in [7, 11) is 0. The van der Waals surface area contributed by atoms with Gasteiger partial charge in [0.05, 0.1) is 5.35 Å². The summed E-state index contributed by atoms with van der Waals surface area (Å²) in [5.41, 5.74) is 1.34. The number of pyridine rings is 1. The van der Waals surface area contributed by atoms with Crippen molar-refractivity contribution in [1.29, 1.82) is 0 Å². The molecule has 2 rings (SSSR count). The summed E-state index contributed by atoms with van der Waals surface area (Å²) in [6, 6.07) is 4.31. The second-order valence-electron chi connectivity index (χ2n) is 4.56. The molecule has 1 aliphatic rings. The minimum atomic E-state index is 0.158. The van der Waals surface area contributed by atoms with Crippen LogP contribution in [0.5, 0.6) is 0 Å². The Bertz CT molecular complexity index is 435. The van der Waals surface area contributed by atoms with Gasteiger partial charge in [0.1, 0.15) is 0 Å². The minimum Gasteiger partial charge on any atom is -0.253 e. The van der Waals surface area contributed by atoms with Crippen molar-refractivity contribution in [2.24, 2.45) is 0 Å². The molecule has 1 aromatic heterocycles. The van der Waals surface area contributed by atoms with Gasteiger partial charge in [-0.2, -0.15) is 0 Å². The molecular weight excluding hydrogens is 158 g/mol. The van der Waals surface area contributed by atoms with E-state index in [2.05, 4.69) is 50.0 Å². The van der Waals surface area contributed by atoms with Gasteiger partial charge in [-0.25, -0.2) is 0 Å². The van der Waals surface area contributed by atoms with Crippen LogP contribution in [0.15, 0.2) is 12.1 Å². The van der Waals surface area contributed by atoms with Gasteiger partial charge >= 0.3 is 0 Å². The second-order valence-corrected chi connectivity index (χ2v) is 4.56. The summed E-state index contributed by atoms with van der Waals surface area (Å²) < 4.78 is 0. The Morgan fingerprint density at radius 2 is 1.92 bits per heavy atom. The van der Waals surface area contributed by atoms with Crippen molar-refractivity contribution < 1.29 is 0 Å². The number of rotatable bonds is 0. The van der Waals surface area contributed by atoms with Crippen LogP contribution >= 0.6 is 0 Å². The smallest absolute Gasteiger partial charge is 0.0665 e. The van der Waals surface area contributed by atoms with E-state index in [4.69, 9.17) is 0 Å². The van der Waals surface area contributed by atoms with E-state index >= 15 is 0 Å². The Morgan fingerprint density at radius 3 is 2.62 bits per heavy atom. The van der Waals surface area contributed by atoms with Crippen LogP contribution in [0.25, 0.3) is 12.2 Å². The Kier molecular flexibility index (Phi) is 1.76. The first-order valence-electron chi connectivity index (χ1n) is 4.75. The number of hydrogen-bond acceptors (Lipinski definition) is 1. The van der Waals surface area contributed by atoms with Crippen molar-refractivity contribution in [3.63, 3.8) is 0 Å². The molecular formula is C12H15N. The largest absolute Gasteiger partial charge is 0.253 e.